The van der Waals surface area contributed by atoms with E-state index in [1.165, 1.54) is 0 Å². The minimum Gasteiger partial charge on any atom is -0.480 e. The van der Waals surface area contributed by atoms with Gasteiger partial charge in [0, 0.05) is 12.4 Å². The van der Waals surface area contributed by atoms with Crippen LogP contribution < -0.4 is 5.32 Å². The van der Waals surface area contributed by atoms with Crippen molar-refractivity contribution in [2.75, 3.05) is 0 Å². The van der Waals surface area contributed by atoms with Crippen LogP contribution in [0.3, 0.4) is 0 Å². The van der Waals surface area contributed by atoms with E-state index < -0.39 is 17.9 Å². The van der Waals surface area contributed by atoms with Gasteiger partial charge in [0.25, 0.3) is 5.91 Å². The number of amides is 1. The summed E-state index contributed by atoms with van der Waals surface area (Å²) in [6.07, 6.45) is 5.47. The number of aliphatic carboxylic acids is 1. The van der Waals surface area contributed by atoms with Gasteiger partial charge in [-0.05, 0) is 31.0 Å². The van der Waals surface area contributed by atoms with Crippen molar-refractivity contribution >= 4 is 17.5 Å². The number of imidazole rings is 1. The van der Waals surface area contributed by atoms with Crippen molar-refractivity contribution in [3.05, 3.63) is 35.8 Å². The van der Waals surface area contributed by atoms with Crippen molar-refractivity contribution in [2.45, 2.75) is 39.2 Å². The molecule has 2 N–H and O–H groups in total. The van der Waals surface area contributed by atoms with Gasteiger partial charge in [0.15, 0.2) is 0 Å². The second-order valence-corrected chi connectivity index (χ2v) is 5.10. The zero-order chi connectivity index (χ0) is 15.4. The Morgan fingerprint density at radius 1 is 1.48 bits per heavy atom. The third-order valence-electron chi connectivity index (χ3n) is 3.30. The van der Waals surface area contributed by atoms with Crippen LogP contribution in [0.4, 0.5) is 0 Å². The lowest BCUT2D eigenvalue weighted by Crippen LogP contribution is -2.40. The maximum Gasteiger partial charge on any atom is 0.326 e. The summed E-state index contributed by atoms with van der Waals surface area (Å²) < 4.78 is 1.74. The molecule has 6 heteroatoms. The van der Waals surface area contributed by atoms with Gasteiger partial charge in [0.2, 0.25) is 0 Å². The molecule has 2 aromatic rings. The van der Waals surface area contributed by atoms with E-state index in [0.717, 1.165) is 18.4 Å². The van der Waals surface area contributed by atoms with Crippen LogP contribution in [-0.4, -0.2) is 32.4 Å². The lowest BCUT2D eigenvalue weighted by Gasteiger charge is -2.12. The standard InChI is InChI=1S/C15H19N3O3/c1-3-4-5-11(15(20)21)17-14(19)12-9-18-7-6-10(2)8-13(18)16-12/h6-9,11H,3-5H2,1-2H3,(H,17,19)(H,20,21)/t11-/m0/s1. The Morgan fingerprint density at radius 3 is 2.90 bits per heavy atom. The number of unbranched alkanes of at least 4 members (excludes halogenated alkanes) is 1. The number of carboxylic acid groups (broad SMARTS) is 1. The topological polar surface area (TPSA) is 83.7 Å². The molecular weight excluding hydrogens is 270 g/mol. The molecule has 0 aliphatic carbocycles. The fourth-order valence-electron chi connectivity index (χ4n) is 2.09. The monoisotopic (exact) mass is 289 g/mol. The lowest BCUT2D eigenvalue weighted by molar-refractivity contribution is -0.139. The molecule has 2 heterocycles. The predicted molar refractivity (Wildman–Crippen MR) is 78.3 cm³/mol. The van der Waals surface area contributed by atoms with E-state index in [2.05, 4.69) is 10.3 Å². The minimum absolute atomic E-state index is 0.225. The van der Waals surface area contributed by atoms with Crippen molar-refractivity contribution in [1.82, 2.24) is 14.7 Å². The highest BCUT2D eigenvalue weighted by atomic mass is 16.4. The fraction of sp³-hybridized carbons (Fsp3) is 0.400. The molecule has 1 amide bonds. The molecule has 0 aliphatic heterocycles. The summed E-state index contributed by atoms with van der Waals surface area (Å²) in [6.45, 7) is 3.92. The van der Waals surface area contributed by atoms with Crippen LogP contribution in [0.2, 0.25) is 0 Å². The van der Waals surface area contributed by atoms with Crippen molar-refractivity contribution in [1.29, 1.82) is 0 Å². The number of hydrogen-bond acceptors (Lipinski definition) is 3. The maximum atomic E-state index is 12.1. The first-order valence-electron chi connectivity index (χ1n) is 7.00. The van der Waals surface area contributed by atoms with Gasteiger partial charge in [0.05, 0.1) is 0 Å². The number of aryl methyl sites for hydroxylation is 1. The average molecular weight is 289 g/mol. The number of nitrogens with one attached hydrogen (secondary N) is 1. The second-order valence-electron chi connectivity index (χ2n) is 5.10. The summed E-state index contributed by atoms with van der Waals surface area (Å²) in [5, 5.41) is 11.7. The molecule has 0 radical (unpaired) electrons. The van der Waals surface area contributed by atoms with Crippen molar-refractivity contribution < 1.29 is 14.7 Å². The zero-order valence-corrected chi connectivity index (χ0v) is 12.2. The van der Waals surface area contributed by atoms with E-state index in [-0.39, 0.29) is 5.69 Å². The van der Waals surface area contributed by atoms with Crippen molar-refractivity contribution in [3.8, 4) is 0 Å². The third kappa shape index (κ3) is 3.59. The highest BCUT2D eigenvalue weighted by Crippen LogP contribution is 2.09. The van der Waals surface area contributed by atoms with E-state index >= 15 is 0 Å². The number of carboxylic acids is 1. The third-order valence-corrected chi connectivity index (χ3v) is 3.30. The molecule has 0 saturated carbocycles. The summed E-state index contributed by atoms with van der Waals surface area (Å²) in [4.78, 5) is 27.5. The number of hydrogen-bond donors (Lipinski definition) is 2. The van der Waals surface area contributed by atoms with E-state index in [0.29, 0.717) is 12.1 Å². The predicted octanol–water partition coefficient (Wildman–Crippen LogP) is 2.02. The highest BCUT2D eigenvalue weighted by molar-refractivity contribution is 5.95. The Labute approximate surface area is 122 Å². The van der Waals surface area contributed by atoms with Crippen LogP contribution >= 0.6 is 0 Å². The number of rotatable bonds is 6. The van der Waals surface area contributed by atoms with Gasteiger partial charge in [-0.2, -0.15) is 0 Å². The molecule has 2 aromatic heterocycles. The molecular formula is C15H19N3O3. The summed E-state index contributed by atoms with van der Waals surface area (Å²) >= 11 is 0. The Hall–Kier alpha value is -2.37. The van der Waals surface area contributed by atoms with Gasteiger partial charge in [-0.25, -0.2) is 9.78 Å². The van der Waals surface area contributed by atoms with E-state index in [9.17, 15) is 9.59 Å². The molecule has 6 nitrogen and oxygen atoms in total. The highest BCUT2D eigenvalue weighted by Gasteiger charge is 2.21. The molecule has 21 heavy (non-hydrogen) atoms. The van der Waals surface area contributed by atoms with Crippen LogP contribution in [0.1, 0.15) is 42.2 Å². The molecule has 0 unspecified atom stereocenters. The first kappa shape index (κ1) is 15.0. The number of aromatic nitrogens is 2. The molecule has 0 saturated heterocycles. The number of nitrogens with zero attached hydrogens (tertiary/aromatic N) is 2. The summed E-state index contributed by atoms with van der Waals surface area (Å²) in [7, 11) is 0. The Bertz CT molecular complexity index is 663. The largest absolute Gasteiger partial charge is 0.480 e. The first-order chi connectivity index (χ1) is 10.0. The summed E-state index contributed by atoms with van der Waals surface area (Å²) in [6, 6.07) is 2.91. The Balaban J connectivity index is 2.15. The first-order valence-corrected chi connectivity index (χ1v) is 7.00. The molecule has 0 aliphatic rings. The average Bonchev–Trinajstić information content (AvgIpc) is 2.85. The van der Waals surface area contributed by atoms with Gasteiger partial charge in [-0.15, -0.1) is 0 Å². The van der Waals surface area contributed by atoms with Crippen LogP contribution in [0.15, 0.2) is 24.5 Å². The SMILES string of the molecule is CCCC[C@H](NC(=O)c1cn2ccc(C)cc2n1)C(=O)O. The molecule has 1 atom stereocenters. The van der Waals surface area contributed by atoms with Gasteiger partial charge in [-0.3, -0.25) is 4.79 Å². The molecule has 0 fully saturated rings. The number of pyridine rings is 1. The smallest absolute Gasteiger partial charge is 0.326 e. The van der Waals surface area contributed by atoms with Crippen molar-refractivity contribution in [2.24, 2.45) is 0 Å². The summed E-state index contributed by atoms with van der Waals surface area (Å²) in [5.74, 6) is -1.48. The Morgan fingerprint density at radius 2 is 2.24 bits per heavy atom. The minimum atomic E-state index is -1.02. The van der Waals surface area contributed by atoms with Crippen LogP contribution in [-0.2, 0) is 4.79 Å². The Kier molecular flexibility index (Phi) is 4.57. The van der Waals surface area contributed by atoms with Gasteiger partial charge < -0.3 is 14.8 Å². The number of fused-ring (bicyclic) bond motifs is 1. The van der Waals surface area contributed by atoms with Gasteiger partial charge in [-0.1, -0.05) is 19.8 Å². The van der Waals surface area contributed by atoms with Crippen LogP contribution in [0.5, 0.6) is 0 Å². The fourth-order valence-corrected chi connectivity index (χ4v) is 2.09. The molecule has 0 bridgehead atoms. The van der Waals surface area contributed by atoms with Crippen LogP contribution in [0, 0.1) is 6.92 Å². The van der Waals surface area contributed by atoms with E-state index in [1.807, 2.05) is 32.2 Å². The van der Waals surface area contributed by atoms with E-state index in [4.69, 9.17) is 5.11 Å². The van der Waals surface area contributed by atoms with E-state index in [1.54, 1.807) is 10.6 Å². The molecule has 112 valence electrons. The lowest BCUT2D eigenvalue weighted by atomic mass is 10.1. The number of carbonyl (C=O) groups excluding carboxylic acids is 1. The molecule has 0 spiro atoms. The summed E-state index contributed by atoms with van der Waals surface area (Å²) in [5.41, 5.74) is 1.94. The zero-order valence-electron chi connectivity index (χ0n) is 12.2. The second kappa shape index (κ2) is 6.39. The van der Waals surface area contributed by atoms with Gasteiger partial charge in [0.1, 0.15) is 17.4 Å². The molecule has 2 rings (SSSR count). The molecule has 0 aromatic carbocycles. The van der Waals surface area contributed by atoms with Crippen LogP contribution in [0.25, 0.3) is 5.65 Å². The maximum absolute atomic E-state index is 12.1. The van der Waals surface area contributed by atoms with Gasteiger partial charge >= 0.3 is 5.97 Å². The number of carbonyl (C=O) groups is 2. The normalized spacial score (nSPS) is 12.3. The quantitative estimate of drug-likeness (QED) is 0.852. The van der Waals surface area contributed by atoms with Crippen molar-refractivity contribution in [3.63, 3.8) is 0 Å².